The van der Waals surface area contributed by atoms with Crippen LogP contribution in [0.15, 0.2) is 30.3 Å². The molecule has 1 rings (SSSR count). The summed E-state index contributed by atoms with van der Waals surface area (Å²) in [6.45, 7) is 19.1. The van der Waals surface area contributed by atoms with Gasteiger partial charge in [0, 0.05) is 24.3 Å². The lowest BCUT2D eigenvalue weighted by Crippen LogP contribution is -2.50. The fourth-order valence-electron chi connectivity index (χ4n) is 2.29. The Labute approximate surface area is 164 Å². The van der Waals surface area contributed by atoms with Crippen LogP contribution in [0.25, 0.3) is 10.9 Å². The summed E-state index contributed by atoms with van der Waals surface area (Å²) in [6, 6.07) is 7.44. The van der Waals surface area contributed by atoms with Gasteiger partial charge in [0.15, 0.2) is 8.32 Å². The van der Waals surface area contributed by atoms with Crippen molar-refractivity contribution in [3.05, 3.63) is 52.3 Å². The summed E-state index contributed by atoms with van der Waals surface area (Å²) in [5.74, 6) is 0. The average Bonchev–Trinajstić information content (AvgIpc) is 2.59. The zero-order valence-electron chi connectivity index (χ0n) is 16.4. The molecule has 0 N–H and O–H groups in total. The fraction of sp³-hybridized carbons (Fsp3) is 0.550. The summed E-state index contributed by atoms with van der Waals surface area (Å²) >= 11 is 5.95. The molecule has 1 unspecified atom stereocenters. The van der Waals surface area contributed by atoms with Gasteiger partial charge in [-0.1, -0.05) is 37.6 Å². The van der Waals surface area contributed by atoms with E-state index < -0.39 is 20.3 Å². The monoisotopic (exact) mass is 395 g/mol. The zero-order chi connectivity index (χ0) is 19.6. The Morgan fingerprint density at radius 2 is 1.65 bits per heavy atom. The highest BCUT2D eigenvalue weighted by Crippen LogP contribution is 2.30. The summed E-state index contributed by atoms with van der Waals surface area (Å²) in [5.41, 5.74) is -0.375. The standard InChI is InChI=1S/C20H30ClNO3Si/c1-7-15-23-19(24-16-8-2)20(22-3,25-26(4,5)6)14-13-17-9-11-18(21)12-10-17/h9-14,19H,7-8,15-16H2,1-2,4-6H3/b14-13+. The van der Waals surface area contributed by atoms with Crippen LogP contribution in [0, 0.1) is 6.57 Å². The van der Waals surface area contributed by atoms with Crippen LogP contribution in [0.1, 0.15) is 32.3 Å². The zero-order valence-corrected chi connectivity index (χ0v) is 18.2. The molecular formula is C20H30ClNO3Si. The van der Waals surface area contributed by atoms with E-state index >= 15 is 0 Å². The van der Waals surface area contributed by atoms with E-state index in [2.05, 4.69) is 24.5 Å². The van der Waals surface area contributed by atoms with Gasteiger partial charge in [0.05, 0.1) is 0 Å². The van der Waals surface area contributed by atoms with Crippen molar-refractivity contribution >= 4 is 26.0 Å². The Bertz CT molecular complexity index is 599. The van der Waals surface area contributed by atoms with Crippen molar-refractivity contribution in [3.63, 3.8) is 0 Å². The molecule has 0 fully saturated rings. The SMILES string of the molecule is [C-]#[N+]C(/C=C/c1ccc(Cl)cc1)(O[Si](C)(C)C)C(OCCC)OCCC. The van der Waals surface area contributed by atoms with E-state index in [9.17, 15) is 0 Å². The van der Waals surface area contributed by atoms with Gasteiger partial charge in [-0.3, -0.25) is 4.85 Å². The summed E-state index contributed by atoms with van der Waals surface area (Å²) in [4.78, 5) is 3.84. The van der Waals surface area contributed by atoms with Crippen molar-refractivity contribution in [2.45, 2.75) is 58.3 Å². The van der Waals surface area contributed by atoms with Crippen LogP contribution in [0.5, 0.6) is 0 Å². The first kappa shape index (κ1) is 22.9. The van der Waals surface area contributed by atoms with E-state index in [4.69, 9.17) is 32.1 Å². The Balaban J connectivity index is 3.24. The second kappa shape index (κ2) is 10.9. The molecule has 0 saturated heterocycles. The van der Waals surface area contributed by atoms with Gasteiger partial charge in [0.1, 0.15) is 0 Å². The molecular weight excluding hydrogens is 366 g/mol. The van der Waals surface area contributed by atoms with Gasteiger partial charge >= 0.3 is 5.72 Å². The molecule has 0 aromatic heterocycles. The third kappa shape index (κ3) is 7.61. The highest BCUT2D eigenvalue weighted by atomic mass is 35.5. The van der Waals surface area contributed by atoms with Gasteiger partial charge in [-0.05, 0) is 56.3 Å². The van der Waals surface area contributed by atoms with Crippen molar-refractivity contribution in [2.75, 3.05) is 13.2 Å². The molecule has 1 atom stereocenters. The molecule has 0 heterocycles. The molecule has 26 heavy (non-hydrogen) atoms. The molecule has 0 radical (unpaired) electrons. The average molecular weight is 396 g/mol. The van der Waals surface area contributed by atoms with Crippen molar-refractivity contribution < 1.29 is 13.9 Å². The first-order chi connectivity index (χ1) is 12.3. The van der Waals surface area contributed by atoms with Crippen molar-refractivity contribution in [2.24, 2.45) is 0 Å². The van der Waals surface area contributed by atoms with E-state index in [0.717, 1.165) is 18.4 Å². The molecule has 0 bridgehead atoms. The molecule has 1 aromatic rings. The van der Waals surface area contributed by atoms with Gasteiger partial charge in [-0.2, -0.15) is 0 Å². The van der Waals surface area contributed by atoms with E-state index in [1.54, 1.807) is 6.08 Å². The smallest absolute Gasteiger partial charge is 0.344 e. The number of hydrogen-bond donors (Lipinski definition) is 0. The van der Waals surface area contributed by atoms with Crippen molar-refractivity contribution in [3.8, 4) is 0 Å². The predicted octanol–water partition coefficient (Wildman–Crippen LogP) is 6.00. The highest BCUT2D eigenvalue weighted by Gasteiger charge is 2.50. The Morgan fingerprint density at radius 3 is 2.08 bits per heavy atom. The van der Waals surface area contributed by atoms with E-state index in [1.165, 1.54) is 0 Å². The molecule has 1 aromatic carbocycles. The van der Waals surface area contributed by atoms with Gasteiger partial charge < -0.3 is 13.9 Å². The van der Waals surface area contributed by atoms with Crippen LogP contribution < -0.4 is 0 Å². The normalized spacial score (nSPS) is 14.5. The number of halogens is 1. The van der Waals surface area contributed by atoms with Gasteiger partial charge in [-0.15, -0.1) is 0 Å². The predicted molar refractivity (Wildman–Crippen MR) is 111 cm³/mol. The maximum atomic E-state index is 7.88. The fourth-order valence-corrected chi connectivity index (χ4v) is 3.61. The maximum absolute atomic E-state index is 7.88. The number of ether oxygens (including phenoxy) is 2. The lowest BCUT2D eigenvalue weighted by Gasteiger charge is -2.32. The van der Waals surface area contributed by atoms with E-state index in [-0.39, 0.29) is 0 Å². The summed E-state index contributed by atoms with van der Waals surface area (Å²) < 4.78 is 18.1. The first-order valence-corrected chi connectivity index (χ1v) is 12.8. The summed E-state index contributed by atoms with van der Waals surface area (Å²) in [7, 11) is -2.05. The topological polar surface area (TPSA) is 32.0 Å². The van der Waals surface area contributed by atoms with Crippen LogP contribution in [0.4, 0.5) is 0 Å². The second-order valence-corrected chi connectivity index (χ2v) is 11.9. The van der Waals surface area contributed by atoms with E-state index in [0.29, 0.717) is 18.2 Å². The summed E-state index contributed by atoms with van der Waals surface area (Å²) in [6.07, 6.45) is 4.54. The van der Waals surface area contributed by atoms with Crippen LogP contribution in [0.3, 0.4) is 0 Å². The minimum Gasteiger partial charge on any atom is -0.344 e. The van der Waals surface area contributed by atoms with Crippen LogP contribution in [-0.4, -0.2) is 33.5 Å². The number of nitrogens with zero attached hydrogens (tertiary/aromatic N) is 1. The third-order valence-electron chi connectivity index (χ3n) is 3.31. The molecule has 4 nitrogen and oxygen atoms in total. The lowest BCUT2D eigenvalue weighted by molar-refractivity contribution is -0.202. The number of benzene rings is 1. The minimum atomic E-state index is -2.05. The van der Waals surface area contributed by atoms with Crippen LogP contribution in [0.2, 0.25) is 24.7 Å². The van der Waals surface area contributed by atoms with E-state index in [1.807, 2.05) is 44.2 Å². The minimum absolute atomic E-state index is 0.509. The van der Waals surface area contributed by atoms with Crippen molar-refractivity contribution in [1.82, 2.24) is 0 Å². The number of hydrogen-bond acceptors (Lipinski definition) is 3. The van der Waals surface area contributed by atoms with Crippen molar-refractivity contribution in [1.29, 1.82) is 0 Å². The highest BCUT2D eigenvalue weighted by molar-refractivity contribution is 6.69. The van der Waals surface area contributed by atoms with Gasteiger partial charge in [-0.25, -0.2) is 6.57 Å². The van der Waals surface area contributed by atoms with Crippen LogP contribution >= 0.6 is 11.6 Å². The lowest BCUT2D eigenvalue weighted by atomic mass is 10.1. The Kier molecular flexibility index (Phi) is 9.55. The second-order valence-electron chi connectivity index (χ2n) is 7.04. The molecule has 0 aliphatic rings. The molecule has 0 aliphatic carbocycles. The third-order valence-corrected chi connectivity index (χ3v) is 4.50. The molecule has 0 spiro atoms. The molecule has 0 amide bonds. The van der Waals surface area contributed by atoms with Gasteiger partial charge in [0.2, 0.25) is 0 Å². The quantitative estimate of drug-likeness (QED) is 0.261. The maximum Gasteiger partial charge on any atom is 0.399 e. The molecule has 144 valence electrons. The molecule has 6 heteroatoms. The van der Waals surface area contributed by atoms with Gasteiger partial charge in [0.25, 0.3) is 6.29 Å². The number of rotatable bonds is 11. The Morgan fingerprint density at radius 1 is 1.12 bits per heavy atom. The van der Waals surface area contributed by atoms with Crippen LogP contribution in [-0.2, 0) is 13.9 Å². The summed E-state index contributed by atoms with van der Waals surface area (Å²) in [5, 5.41) is 0.673. The first-order valence-electron chi connectivity index (χ1n) is 9.03. The largest absolute Gasteiger partial charge is 0.399 e. The molecule has 0 saturated carbocycles. The Hall–Kier alpha value is -1.16. The molecule has 0 aliphatic heterocycles.